The van der Waals surface area contributed by atoms with Crippen molar-refractivity contribution in [1.29, 1.82) is 0 Å². The van der Waals surface area contributed by atoms with Crippen LogP contribution in [-0.4, -0.2) is 19.8 Å². The largest absolute Gasteiger partial charge is 0.234 e. The van der Waals surface area contributed by atoms with Crippen LogP contribution in [0.15, 0.2) is 18.2 Å². The van der Waals surface area contributed by atoms with E-state index in [0.717, 1.165) is 15.5 Å². The third kappa shape index (κ3) is 1.92. The molecule has 4 rings (SSSR count). The van der Waals surface area contributed by atoms with Gasteiger partial charge < -0.3 is 0 Å². The van der Waals surface area contributed by atoms with Gasteiger partial charge in [0.15, 0.2) is 5.82 Å². The third-order valence-corrected chi connectivity index (χ3v) is 5.26. The molecule has 0 N–H and O–H groups in total. The van der Waals surface area contributed by atoms with Crippen LogP contribution in [-0.2, 0) is 0 Å². The summed E-state index contributed by atoms with van der Waals surface area (Å²) in [4.78, 5) is 0.804. The van der Waals surface area contributed by atoms with E-state index in [-0.39, 0.29) is 0 Å². The number of rotatable bonds is 2. The zero-order valence-electron chi connectivity index (χ0n) is 10.4. The highest BCUT2D eigenvalue weighted by atomic mass is 35.5. The first-order chi connectivity index (χ1) is 9.72. The van der Waals surface area contributed by atoms with E-state index in [1.165, 1.54) is 19.3 Å². The summed E-state index contributed by atoms with van der Waals surface area (Å²) in [5.41, 5.74) is 0.761. The van der Waals surface area contributed by atoms with E-state index in [2.05, 4.69) is 15.3 Å². The summed E-state index contributed by atoms with van der Waals surface area (Å²) in [6, 6.07) is 5.31. The Morgan fingerprint density at radius 3 is 2.80 bits per heavy atom. The van der Waals surface area contributed by atoms with E-state index in [4.69, 9.17) is 23.2 Å². The monoisotopic (exact) mass is 324 g/mol. The fraction of sp³-hybridized carbons (Fsp3) is 0.308. The molecule has 3 aromatic rings. The van der Waals surface area contributed by atoms with Crippen molar-refractivity contribution in [2.45, 2.75) is 25.2 Å². The Kier molecular flexibility index (Phi) is 2.94. The summed E-state index contributed by atoms with van der Waals surface area (Å²) >= 11 is 13.9. The van der Waals surface area contributed by atoms with Crippen LogP contribution in [0.4, 0.5) is 0 Å². The first kappa shape index (κ1) is 12.6. The quantitative estimate of drug-likeness (QED) is 0.700. The highest BCUT2D eigenvalue weighted by Gasteiger charge is 2.25. The number of halogens is 2. The van der Waals surface area contributed by atoms with Gasteiger partial charge in [-0.15, -0.1) is 10.2 Å². The van der Waals surface area contributed by atoms with Crippen LogP contribution in [0.1, 0.15) is 30.2 Å². The van der Waals surface area contributed by atoms with Crippen molar-refractivity contribution in [1.82, 2.24) is 19.8 Å². The minimum absolute atomic E-state index is 0.587. The van der Waals surface area contributed by atoms with Crippen molar-refractivity contribution in [3.05, 3.63) is 33.3 Å². The molecule has 1 aliphatic carbocycles. The Hall–Kier alpha value is -1.17. The Bertz CT molecular complexity index is 791. The van der Waals surface area contributed by atoms with Gasteiger partial charge in [-0.25, -0.2) is 0 Å². The second kappa shape index (κ2) is 4.69. The topological polar surface area (TPSA) is 43.1 Å². The zero-order chi connectivity index (χ0) is 13.7. The van der Waals surface area contributed by atoms with Crippen LogP contribution in [0, 0.1) is 0 Å². The Morgan fingerprint density at radius 2 is 2.05 bits per heavy atom. The molecular formula is C13H10Cl2N4S. The number of fused-ring (bicyclic) bond motifs is 1. The number of nitrogens with zero attached hydrogens (tertiary/aromatic N) is 4. The minimum Gasteiger partial charge on any atom is -0.183 e. The van der Waals surface area contributed by atoms with Crippen LogP contribution >= 0.6 is 34.5 Å². The average Bonchev–Trinajstić information content (AvgIpc) is 2.90. The minimum atomic E-state index is 0.587. The third-order valence-electron chi connectivity index (χ3n) is 3.63. The Balaban J connectivity index is 1.86. The predicted molar refractivity (Wildman–Crippen MR) is 80.7 cm³/mol. The maximum absolute atomic E-state index is 6.23. The molecule has 0 bridgehead atoms. The summed E-state index contributed by atoms with van der Waals surface area (Å²) in [6.07, 6.45) is 3.73. The fourth-order valence-electron chi connectivity index (χ4n) is 2.29. The van der Waals surface area contributed by atoms with Crippen molar-refractivity contribution in [3.63, 3.8) is 0 Å². The number of aromatic nitrogens is 4. The number of benzene rings is 1. The molecule has 4 nitrogen and oxygen atoms in total. The van der Waals surface area contributed by atoms with E-state index in [1.54, 1.807) is 34.1 Å². The summed E-state index contributed by atoms with van der Waals surface area (Å²) < 4.78 is 1.77. The normalized spacial score (nSPS) is 15.7. The van der Waals surface area contributed by atoms with Gasteiger partial charge in [-0.05, 0) is 31.0 Å². The van der Waals surface area contributed by atoms with Gasteiger partial charge in [0.1, 0.15) is 5.01 Å². The fourth-order valence-corrected chi connectivity index (χ4v) is 3.67. The maximum atomic E-state index is 6.23. The molecule has 2 heterocycles. The average molecular weight is 325 g/mol. The SMILES string of the molecule is Clc1ccc(Cl)c(-c2nnc3sc(C4CCC4)nn23)c1. The van der Waals surface area contributed by atoms with E-state index in [0.29, 0.717) is 21.8 Å². The van der Waals surface area contributed by atoms with Crippen LogP contribution in [0.5, 0.6) is 0 Å². The van der Waals surface area contributed by atoms with Crippen LogP contribution in [0.25, 0.3) is 16.3 Å². The standard InChI is InChI=1S/C13H10Cl2N4S/c14-8-4-5-10(15)9(6-8)11-16-17-13-19(11)18-12(20-13)7-2-1-3-7/h4-7H,1-3H2. The maximum Gasteiger partial charge on any atom is 0.234 e. The van der Waals surface area contributed by atoms with Crippen molar-refractivity contribution in [2.24, 2.45) is 0 Å². The molecule has 0 saturated heterocycles. The highest BCUT2D eigenvalue weighted by Crippen LogP contribution is 2.39. The van der Waals surface area contributed by atoms with Gasteiger partial charge in [-0.2, -0.15) is 9.61 Å². The van der Waals surface area contributed by atoms with E-state index >= 15 is 0 Å². The molecule has 0 radical (unpaired) electrons. The van der Waals surface area contributed by atoms with Crippen molar-refractivity contribution in [3.8, 4) is 11.4 Å². The molecule has 102 valence electrons. The van der Waals surface area contributed by atoms with Gasteiger partial charge in [0.2, 0.25) is 4.96 Å². The van der Waals surface area contributed by atoms with Gasteiger partial charge in [0, 0.05) is 16.5 Å². The number of hydrogen-bond donors (Lipinski definition) is 0. The summed E-state index contributed by atoms with van der Waals surface area (Å²) in [5, 5.41) is 15.4. The molecule has 1 aromatic carbocycles. The molecular weight excluding hydrogens is 315 g/mol. The molecule has 0 unspecified atom stereocenters. The van der Waals surface area contributed by atoms with E-state index in [9.17, 15) is 0 Å². The first-order valence-electron chi connectivity index (χ1n) is 6.40. The predicted octanol–water partition coefficient (Wildman–Crippen LogP) is 4.43. The Labute approximate surface area is 129 Å². The van der Waals surface area contributed by atoms with Crippen LogP contribution in [0.3, 0.4) is 0 Å². The lowest BCUT2D eigenvalue weighted by molar-refractivity contribution is 0.415. The zero-order valence-corrected chi connectivity index (χ0v) is 12.7. The molecule has 20 heavy (non-hydrogen) atoms. The highest BCUT2D eigenvalue weighted by molar-refractivity contribution is 7.16. The van der Waals surface area contributed by atoms with Gasteiger partial charge in [-0.3, -0.25) is 0 Å². The van der Waals surface area contributed by atoms with E-state index < -0.39 is 0 Å². The van der Waals surface area contributed by atoms with Gasteiger partial charge in [-0.1, -0.05) is 41.0 Å². The van der Waals surface area contributed by atoms with Crippen LogP contribution in [0.2, 0.25) is 10.0 Å². The lowest BCUT2D eigenvalue weighted by Crippen LogP contribution is -2.08. The van der Waals surface area contributed by atoms with Crippen molar-refractivity contribution < 1.29 is 0 Å². The van der Waals surface area contributed by atoms with Gasteiger partial charge >= 0.3 is 0 Å². The van der Waals surface area contributed by atoms with Crippen molar-refractivity contribution >= 4 is 39.5 Å². The molecule has 2 aromatic heterocycles. The smallest absolute Gasteiger partial charge is 0.183 e. The van der Waals surface area contributed by atoms with E-state index in [1.807, 2.05) is 0 Å². The molecule has 0 atom stereocenters. The van der Waals surface area contributed by atoms with Gasteiger partial charge in [0.25, 0.3) is 0 Å². The second-order valence-corrected chi connectivity index (χ2v) is 6.74. The lowest BCUT2D eigenvalue weighted by Gasteiger charge is -2.21. The molecule has 1 saturated carbocycles. The summed E-state index contributed by atoms with van der Waals surface area (Å²) in [6.45, 7) is 0. The molecule has 1 aliphatic rings. The van der Waals surface area contributed by atoms with Crippen molar-refractivity contribution in [2.75, 3.05) is 0 Å². The number of hydrogen-bond acceptors (Lipinski definition) is 4. The lowest BCUT2D eigenvalue weighted by atomic mass is 9.86. The first-order valence-corrected chi connectivity index (χ1v) is 7.97. The molecule has 1 fully saturated rings. The molecule has 0 aliphatic heterocycles. The van der Waals surface area contributed by atoms with Gasteiger partial charge in [0.05, 0.1) is 5.02 Å². The Morgan fingerprint density at radius 1 is 1.20 bits per heavy atom. The molecule has 0 spiro atoms. The molecule has 0 amide bonds. The summed E-state index contributed by atoms with van der Waals surface area (Å²) in [5.74, 6) is 1.23. The molecule has 7 heteroatoms. The summed E-state index contributed by atoms with van der Waals surface area (Å²) in [7, 11) is 0. The second-order valence-electron chi connectivity index (χ2n) is 4.91. The van der Waals surface area contributed by atoms with Crippen LogP contribution < -0.4 is 0 Å².